The summed E-state index contributed by atoms with van der Waals surface area (Å²) < 4.78 is 5.99. The first kappa shape index (κ1) is 22.5. The molecule has 1 aliphatic heterocycles. The van der Waals surface area contributed by atoms with Crippen LogP contribution >= 0.6 is 0 Å². The summed E-state index contributed by atoms with van der Waals surface area (Å²) in [6.45, 7) is 2.24. The van der Waals surface area contributed by atoms with Crippen molar-refractivity contribution >= 4 is 10.8 Å². The Labute approximate surface area is 196 Å². The summed E-state index contributed by atoms with van der Waals surface area (Å²) in [5.74, 6) is 7.33. The molecule has 1 aliphatic rings. The zero-order chi connectivity index (χ0) is 23.0. The van der Waals surface area contributed by atoms with Crippen molar-refractivity contribution in [3.63, 3.8) is 0 Å². The van der Waals surface area contributed by atoms with Crippen LogP contribution in [-0.2, 0) is 0 Å². The molecule has 2 N–H and O–H groups in total. The lowest BCUT2D eigenvalue weighted by molar-refractivity contribution is 0.398. The average molecular weight is 435 g/mol. The van der Waals surface area contributed by atoms with Crippen LogP contribution in [0.3, 0.4) is 0 Å². The Kier molecular flexibility index (Phi) is 7.33. The molecular weight excluding hydrogens is 404 g/mol. The van der Waals surface area contributed by atoms with Crippen LogP contribution in [0.4, 0.5) is 0 Å². The van der Waals surface area contributed by atoms with Gasteiger partial charge < -0.3 is 10.5 Å². The van der Waals surface area contributed by atoms with E-state index in [1.54, 1.807) is 0 Å². The van der Waals surface area contributed by atoms with Gasteiger partial charge in [-0.25, -0.2) is 0 Å². The van der Waals surface area contributed by atoms with Gasteiger partial charge >= 0.3 is 0 Å². The van der Waals surface area contributed by atoms with Crippen LogP contribution in [0.2, 0.25) is 0 Å². The number of benzene rings is 3. The van der Waals surface area contributed by atoms with Crippen molar-refractivity contribution in [2.45, 2.75) is 57.8 Å². The van der Waals surface area contributed by atoms with Crippen molar-refractivity contribution in [1.29, 1.82) is 5.26 Å². The summed E-state index contributed by atoms with van der Waals surface area (Å²) in [6, 6.07) is 22.6. The summed E-state index contributed by atoms with van der Waals surface area (Å²) >= 11 is 0. The maximum atomic E-state index is 9.95. The smallest absolute Gasteiger partial charge is 0.205 e. The summed E-state index contributed by atoms with van der Waals surface area (Å²) in [5.41, 5.74) is 9.58. The minimum atomic E-state index is -0.303. The molecule has 33 heavy (non-hydrogen) atoms. The highest BCUT2D eigenvalue weighted by Gasteiger charge is 2.32. The molecule has 3 nitrogen and oxygen atoms in total. The lowest BCUT2D eigenvalue weighted by Gasteiger charge is -2.28. The van der Waals surface area contributed by atoms with Crippen molar-refractivity contribution < 1.29 is 4.74 Å². The number of unbranched alkanes of at least 4 members (excludes halogenated alkanes) is 6. The molecule has 0 aromatic heterocycles. The molecule has 0 bridgehead atoms. The summed E-state index contributed by atoms with van der Waals surface area (Å²) in [4.78, 5) is 0. The number of nitrogens with zero attached hydrogens (tertiary/aromatic N) is 1. The Morgan fingerprint density at radius 2 is 1.64 bits per heavy atom. The Balaban J connectivity index is 1.67. The Bertz CT molecular complexity index is 1270. The van der Waals surface area contributed by atoms with Gasteiger partial charge in [-0.15, -0.1) is 0 Å². The molecule has 0 spiro atoms. The van der Waals surface area contributed by atoms with Gasteiger partial charge in [0.15, 0.2) is 0 Å². The van der Waals surface area contributed by atoms with Crippen LogP contribution in [0.1, 0.15) is 74.5 Å². The molecule has 3 aromatic rings. The van der Waals surface area contributed by atoms with E-state index in [0.717, 1.165) is 46.1 Å². The van der Waals surface area contributed by atoms with Crippen molar-refractivity contribution in [1.82, 2.24) is 0 Å². The number of hydrogen-bond acceptors (Lipinski definition) is 3. The second-order valence-corrected chi connectivity index (χ2v) is 8.54. The van der Waals surface area contributed by atoms with E-state index in [0.29, 0.717) is 5.57 Å². The predicted octanol–water partition coefficient (Wildman–Crippen LogP) is 7.16. The highest BCUT2D eigenvalue weighted by molar-refractivity contribution is 5.91. The molecule has 0 fully saturated rings. The minimum Gasteiger partial charge on any atom is -0.440 e. The summed E-state index contributed by atoms with van der Waals surface area (Å²) in [5, 5.41) is 12.0. The quantitative estimate of drug-likeness (QED) is 0.317. The molecular formula is C30H30N2O. The second kappa shape index (κ2) is 10.8. The Morgan fingerprint density at radius 1 is 0.879 bits per heavy atom. The minimum absolute atomic E-state index is 0.168. The molecule has 0 saturated carbocycles. The SMILES string of the molecule is CCCCCCCCC#Cc1ccccc1C1C(C#N)=C(N)Oc2c1ccc1ccccc21. The second-order valence-electron chi connectivity index (χ2n) is 8.54. The van der Waals surface area contributed by atoms with E-state index in [9.17, 15) is 5.26 Å². The maximum absolute atomic E-state index is 9.95. The zero-order valence-corrected chi connectivity index (χ0v) is 19.2. The molecule has 4 rings (SSSR count). The van der Waals surface area contributed by atoms with Gasteiger partial charge in [0.2, 0.25) is 5.88 Å². The zero-order valence-electron chi connectivity index (χ0n) is 19.2. The number of ether oxygens (including phenoxy) is 1. The van der Waals surface area contributed by atoms with E-state index in [1.165, 1.54) is 32.1 Å². The first-order chi connectivity index (χ1) is 16.2. The molecule has 1 unspecified atom stereocenters. The third-order valence-electron chi connectivity index (χ3n) is 6.26. The molecule has 0 amide bonds. The van der Waals surface area contributed by atoms with Crippen LogP contribution in [-0.4, -0.2) is 0 Å². The summed E-state index contributed by atoms with van der Waals surface area (Å²) in [7, 11) is 0. The predicted molar refractivity (Wildman–Crippen MR) is 135 cm³/mol. The number of rotatable bonds is 7. The lowest BCUT2D eigenvalue weighted by Crippen LogP contribution is -2.21. The largest absolute Gasteiger partial charge is 0.440 e. The fraction of sp³-hybridized carbons (Fsp3) is 0.300. The maximum Gasteiger partial charge on any atom is 0.205 e. The first-order valence-electron chi connectivity index (χ1n) is 11.9. The van der Waals surface area contributed by atoms with Gasteiger partial charge in [0.1, 0.15) is 17.4 Å². The van der Waals surface area contributed by atoms with Gasteiger partial charge in [-0.3, -0.25) is 0 Å². The van der Waals surface area contributed by atoms with Gasteiger partial charge in [-0.1, -0.05) is 105 Å². The monoisotopic (exact) mass is 434 g/mol. The van der Waals surface area contributed by atoms with Gasteiger partial charge in [0, 0.05) is 22.9 Å². The molecule has 0 radical (unpaired) electrons. The van der Waals surface area contributed by atoms with Gasteiger partial charge in [-0.2, -0.15) is 5.26 Å². The number of hydrogen-bond donors (Lipinski definition) is 1. The van der Waals surface area contributed by atoms with E-state index in [4.69, 9.17) is 10.5 Å². The topological polar surface area (TPSA) is 59.0 Å². The molecule has 166 valence electrons. The van der Waals surface area contributed by atoms with E-state index < -0.39 is 0 Å². The van der Waals surface area contributed by atoms with Crippen LogP contribution in [0.15, 0.2) is 72.1 Å². The van der Waals surface area contributed by atoms with E-state index in [-0.39, 0.29) is 11.8 Å². The highest BCUT2D eigenvalue weighted by atomic mass is 16.5. The average Bonchev–Trinajstić information content (AvgIpc) is 2.85. The third-order valence-corrected chi connectivity index (χ3v) is 6.26. The third kappa shape index (κ3) is 4.89. The first-order valence-corrected chi connectivity index (χ1v) is 11.9. The lowest BCUT2D eigenvalue weighted by atomic mass is 9.80. The van der Waals surface area contributed by atoms with Crippen LogP contribution < -0.4 is 10.5 Å². The Hall–Kier alpha value is -3.69. The van der Waals surface area contributed by atoms with Crippen LogP contribution in [0, 0.1) is 23.2 Å². The molecule has 3 heteroatoms. The van der Waals surface area contributed by atoms with Crippen molar-refractivity contribution in [3.05, 3.63) is 88.8 Å². The summed E-state index contributed by atoms with van der Waals surface area (Å²) in [6.07, 6.45) is 8.43. The van der Waals surface area contributed by atoms with Crippen molar-refractivity contribution in [3.8, 4) is 23.7 Å². The van der Waals surface area contributed by atoms with E-state index in [1.807, 2.05) is 48.5 Å². The number of nitrogens with two attached hydrogens (primary N) is 1. The van der Waals surface area contributed by atoms with Crippen molar-refractivity contribution in [2.75, 3.05) is 0 Å². The highest BCUT2D eigenvalue weighted by Crippen LogP contribution is 2.45. The molecule has 3 aromatic carbocycles. The molecule has 0 aliphatic carbocycles. The molecule has 1 atom stereocenters. The van der Waals surface area contributed by atoms with Crippen LogP contribution in [0.5, 0.6) is 5.75 Å². The van der Waals surface area contributed by atoms with Gasteiger partial charge in [-0.05, 0) is 23.4 Å². The van der Waals surface area contributed by atoms with Crippen molar-refractivity contribution in [2.24, 2.45) is 5.73 Å². The van der Waals surface area contributed by atoms with Gasteiger partial charge in [0.05, 0.1) is 5.92 Å². The fourth-order valence-electron chi connectivity index (χ4n) is 4.52. The molecule has 0 saturated heterocycles. The normalized spacial score (nSPS) is 14.7. The number of fused-ring (bicyclic) bond motifs is 3. The van der Waals surface area contributed by atoms with Crippen LogP contribution in [0.25, 0.3) is 10.8 Å². The standard InChI is InChI=1S/C30H30N2O/c1-2-3-4-5-6-7-8-9-14-22-15-10-12-17-24(22)28-26-20-19-23-16-11-13-18-25(23)29(26)33-30(32)27(28)21-31/h10-13,15-20,28H,2-8,32H2,1H3. The van der Waals surface area contributed by atoms with E-state index in [2.05, 4.69) is 37.0 Å². The Morgan fingerprint density at radius 3 is 2.48 bits per heavy atom. The fourth-order valence-corrected chi connectivity index (χ4v) is 4.52. The molecule has 1 heterocycles. The van der Waals surface area contributed by atoms with Gasteiger partial charge in [0.25, 0.3) is 0 Å². The number of nitriles is 1. The van der Waals surface area contributed by atoms with E-state index >= 15 is 0 Å². The number of allylic oxidation sites excluding steroid dienone is 1.